The summed E-state index contributed by atoms with van der Waals surface area (Å²) < 4.78 is 0. The van der Waals surface area contributed by atoms with Crippen LogP contribution in [0.25, 0.3) is 11.1 Å². The van der Waals surface area contributed by atoms with Gasteiger partial charge in [0.15, 0.2) is 0 Å². The van der Waals surface area contributed by atoms with Crippen LogP contribution in [0, 0.1) is 0 Å². The minimum Gasteiger partial charge on any atom is -0.507 e. The Labute approximate surface area is 110 Å². The summed E-state index contributed by atoms with van der Waals surface area (Å²) in [5.41, 5.74) is 2.65. The molecular weight excluding hydrogens is 244 g/mol. The molecule has 0 aliphatic rings. The second-order valence-corrected chi connectivity index (χ2v) is 4.66. The Kier molecular flexibility index (Phi) is 3.89. The number of hydrogen-bond acceptors (Lipinski definition) is 4. The summed E-state index contributed by atoms with van der Waals surface area (Å²) in [6, 6.07) is 13.6. The van der Waals surface area contributed by atoms with Gasteiger partial charge in [0.25, 0.3) is 0 Å². The lowest BCUT2D eigenvalue weighted by Gasteiger charge is -2.05. The third-order valence-electron chi connectivity index (χ3n) is 2.67. The number of hydrogen-bond donors (Lipinski definition) is 2. The van der Waals surface area contributed by atoms with Crippen LogP contribution in [0.4, 0.5) is 0 Å². The largest absolute Gasteiger partial charge is 0.507 e. The molecule has 0 aromatic heterocycles. The molecule has 0 aliphatic carbocycles. The summed E-state index contributed by atoms with van der Waals surface area (Å²) >= 11 is 1.70. The number of nitrogens with zero attached hydrogens (tertiary/aromatic N) is 1. The van der Waals surface area contributed by atoms with Crippen LogP contribution in [-0.4, -0.2) is 17.6 Å². The van der Waals surface area contributed by atoms with E-state index in [1.165, 1.54) is 11.1 Å². The van der Waals surface area contributed by atoms with Crippen LogP contribution >= 0.6 is 11.8 Å². The van der Waals surface area contributed by atoms with Crippen molar-refractivity contribution in [1.82, 2.24) is 0 Å². The first-order valence-corrected chi connectivity index (χ1v) is 6.68. The van der Waals surface area contributed by atoms with Crippen molar-refractivity contribution in [3.63, 3.8) is 0 Å². The van der Waals surface area contributed by atoms with Gasteiger partial charge in [0.2, 0.25) is 0 Å². The van der Waals surface area contributed by atoms with Crippen LogP contribution in [0.5, 0.6) is 5.75 Å². The second-order valence-electron chi connectivity index (χ2n) is 3.78. The molecule has 0 bridgehead atoms. The first kappa shape index (κ1) is 12.5. The van der Waals surface area contributed by atoms with E-state index in [-0.39, 0.29) is 5.75 Å². The van der Waals surface area contributed by atoms with E-state index < -0.39 is 0 Å². The van der Waals surface area contributed by atoms with E-state index in [1.807, 2.05) is 24.5 Å². The molecule has 0 aliphatic heterocycles. The number of hydrazone groups is 1. The first-order valence-electron chi connectivity index (χ1n) is 5.45. The lowest BCUT2D eigenvalue weighted by atomic mass is 10.0. The van der Waals surface area contributed by atoms with Gasteiger partial charge in [0, 0.05) is 10.5 Å². The normalized spacial score (nSPS) is 10.9. The second kappa shape index (κ2) is 5.60. The van der Waals surface area contributed by atoms with Gasteiger partial charge in [0.1, 0.15) is 5.75 Å². The number of nitrogens with two attached hydrogens (primary N) is 1. The van der Waals surface area contributed by atoms with Crippen molar-refractivity contribution in [3.8, 4) is 16.9 Å². The molecule has 2 rings (SSSR count). The van der Waals surface area contributed by atoms with Crippen LogP contribution in [0.15, 0.2) is 52.5 Å². The maximum Gasteiger partial charge on any atom is 0.125 e. The van der Waals surface area contributed by atoms with Crippen molar-refractivity contribution in [2.24, 2.45) is 10.9 Å². The highest BCUT2D eigenvalue weighted by atomic mass is 32.2. The Bertz CT molecular complexity index is 565. The fraction of sp³-hybridized carbons (Fsp3) is 0.0714. The first-order chi connectivity index (χ1) is 8.74. The average Bonchev–Trinajstić information content (AvgIpc) is 2.41. The van der Waals surface area contributed by atoms with Crippen LogP contribution in [-0.2, 0) is 0 Å². The van der Waals surface area contributed by atoms with Crippen LogP contribution in [0.3, 0.4) is 0 Å². The van der Waals surface area contributed by atoms with E-state index in [9.17, 15) is 5.11 Å². The number of aromatic hydroxyl groups is 1. The highest BCUT2D eigenvalue weighted by Gasteiger charge is 2.03. The molecule has 2 aromatic carbocycles. The molecule has 0 saturated carbocycles. The van der Waals surface area contributed by atoms with E-state index in [2.05, 4.69) is 17.2 Å². The predicted molar refractivity (Wildman–Crippen MR) is 77.1 cm³/mol. The fourth-order valence-corrected chi connectivity index (χ4v) is 2.10. The zero-order chi connectivity index (χ0) is 13.0. The van der Waals surface area contributed by atoms with Crippen LogP contribution in [0.1, 0.15) is 5.56 Å². The molecular formula is C14H14N2OS. The maximum absolute atomic E-state index is 9.83. The van der Waals surface area contributed by atoms with E-state index in [4.69, 9.17) is 5.84 Å². The number of phenols is 1. The molecule has 0 fully saturated rings. The molecule has 0 saturated heterocycles. The molecule has 0 heterocycles. The van der Waals surface area contributed by atoms with Crippen LogP contribution in [0.2, 0.25) is 0 Å². The Morgan fingerprint density at radius 3 is 2.33 bits per heavy atom. The smallest absolute Gasteiger partial charge is 0.125 e. The number of benzene rings is 2. The number of phenolic OH excluding ortho intramolecular Hbond substituents is 1. The molecule has 0 amide bonds. The van der Waals surface area contributed by atoms with Crippen molar-refractivity contribution < 1.29 is 5.11 Å². The van der Waals surface area contributed by atoms with E-state index >= 15 is 0 Å². The third-order valence-corrected chi connectivity index (χ3v) is 3.41. The standard InChI is InChI=1S/C14H14N2OS/c1-18-13-6-4-10(5-7-13)11-2-3-12(9-16-15)14(17)8-11/h2-9,17H,15H2,1H3. The maximum atomic E-state index is 9.83. The molecule has 3 nitrogen and oxygen atoms in total. The summed E-state index contributed by atoms with van der Waals surface area (Å²) in [6.07, 6.45) is 3.47. The summed E-state index contributed by atoms with van der Waals surface area (Å²) in [5.74, 6) is 5.24. The van der Waals surface area contributed by atoms with Gasteiger partial charge in [-0.15, -0.1) is 11.8 Å². The van der Waals surface area contributed by atoms with Gasteiger partial charge >= 0.3 is 0 Å². The van der Waals surface area contributed by atoms with Gasteiger partial charge < -0.3 is 10.9 Å². The van der Waals surface area contributed by atoms with Crippen molar-refractivity contribution in [2.45, 2.75) is 4.90 Å². The minimum atomic E-state index is 0.177. The number of rotatable bonds is 3. The summed E-state index contributed by atoms with van der Waals surface area (Å²) in [7, 11) is 0. The van der Waals surface area contributed by atoms with Gasteiger partial charge in [-0.2, -0.15) is 5.10 Å². The van der Waals surface area contributed by atoms with E-state index in [0.717, 1.165) is 11.1 Å². The summed E-state index contributed by atoms with van der Waals surface area (Å²) in [4.78, 5) is 1.22. The molecule has 0 spiro atoms. The lowest BCUT2D eigenvalue weighted by molar-refractivity contribution is 0.474. The Morgan fingerprint density at radius 1 is 1.11 bits per heavy atom. The highest BCUT2D eigenvalue weighted by molar-refractivity contribution is 7.98. The van der Waals surface area contributed by atoms with Crippen molar-refractivity contribution in [3.05, 3.63) is 48.0 Å². The Hall–Kier alpha value is -1.94. The van der Waals surface area contributed by atoms with Gasteiger partial charge in [0.05, 0.1) is 6.21 Å². The molecule has 18 heavy (non-hydrogen) atoms. The molecule has 0 unspecified atom stereocenters. The molecule has 2 aromatic rings. The predicted octanol–water partition coefficient (Wildman–Crippen LogP) is 3.07. The fourth-order valence-electron chi connectivity index (χ4n) is 1.70. The van der Waals surface area contributed by atoms with Crippen molar-refractivity contribution in [1.29, 1.82) is 0 Å². The summed E-state index contributed by atoms with van der Waals surface area (Å²) in [6.45, 7) is 0. The molecule has 3 N–H and O–H groups in total. The van der Waals surface area contributed by atoms with Crippen molar-refractivity contribution in [2.75, 3.05) is 6.26 Å². The Balaban J connectivity index is 2.35. The topological polar surface area (TPSA) is 58.6 Å². The Morgan fingerprint density at radius 2 is 1.78 bits per heavy atom. The van der Waals surface area contributed by atoms with Crippen LogP contribution < -0.4 is 5.84 Å². The monoisotopic (exact) mass is 258 g/mol. The third kappa shape index (κ3) is 2.65. The van der Waals surface area contributed by atoms with Gasteiger partial charge in [-0.05, 0) is 41.6 Å². The lowest BCUT2D eigenvalue weighted by Crippen LogP contribution is -1.88. The van der Waals surface area contributed by atoms with Gasteiger partial charge in [-0.25, -0.2) is 0 Å². The van der Waals surface area contributed by atoms with E-state index in [0.29, 0.717) is 5.56 Å². The molecule has 0 atom stereocenters. The summed E-state index contributed by atoms with van der Waals surface area (Å²) in [5, 5.41) is 13.2. The van der Waals surface area contributed by atoms with E-state index in [1.54, 1.807) is 23.9 Å². The highest BCUT2D eigenvalue weighted by Crippen LogP contribution is 2.27. The zero-order valence-corrected chi connectivity index (χ0v) is 10.8. The zero-order valence-electron chi connectivity index (χ0n) is 10.00. The average molecular weight is 258 g/mol. The minimum absolute atomic E-state index is 0.177. The molecule has 92 valence electrons. The van der Waals surface area contributed by atoms with Gasteiger partial charge in [-0.3, -0.25) is 0 Å². The quantitative estimate of drug-likeness (QED) is 0.385. The number of thioether (sulfide) groups is 1. The SMILES string of the molecule is CSc1ccc(-c2ccc(C=NN)c(O)c2)cc1. The molecule has 4 heteroatoms. The van der Waals surface area contributed by atoms with Gasteiger partial charge in [-0.1, -0.05) is 18.2 Å². The molecule has 0 radical (unpaired) electrons. The van der Waals surface area contributed by atoms with Crippen molar-refractivity contribution >= 4 is 18.0 Å².